The van der Waals surface area contributed by atoms with Crippen molar-refractivity contribution in [1.82, 2.24) is 5.32 Å². The van der Waals surface area contributed by atoms with E-state index in [4.69, 9.17) is 11.6 Å². The highest BCUT2D eigenvalue weighted by molar-refractivity contribution is 6.33. The van der Waals surface area contributed by atoms with E-state index in [0.29, 0.717) is 11.1 Å². The van der Waals surface area contributed by atoms with Gasteiger partial charge in [0.15, 0.2) is 0 Å². The van der Waals surface area contributed by atoms with Crippen molar-refractivity contribution in [2.75, 3.05) is 23.3 Å². The van der Waals surface area contributed by atoms with Crippen LogP contribution in [0.1, 0.15) is 45.7 Å². The van der Waals surface area contributed by atoms with Crippen molar-refractivity contribution in [3.8, 4) is 0 Å². The maximum Gasteiger partial charge on any atom is 0.246 e. The lowest BCUT2D eigenvalue weighted by Crippen LogP contribution is -2.31. The van der Waals surface area contributed by atoms with Gasteiger partial charge in [-0.15, -0.1) is 0 Å². The Balaban J connectivity index is 2.40. The number of carbonyl (C=O) groups is 1. The van der Waals surface area contributed by atoms with Gasteiger partial charge in [0.25, 0.3) is 0 Å². The Hall–Kier alpha value is -1.26. The molecule has 1 heterocycles. The van der Waals surface area contributed by atoms with Crippen molar-refractivity contribution >= 4 is 28.9 Å². The first-order valence-electron chi connectivity index (χ1n) is 7.63. The molecule has 2 N–H and O–H groups in total. The lowest BCUT2D eigenvalue weighted by atomic mass is 10.1. The standard InChI is InChI=1S/C16H24ClN3O/c1-5-7-20(10(3)4)14-9-13-11(8-12(14)17)15(18-6-2)16(21)19-13/h8-10,15,18H,5-7H2,1-4H3,(H,19,21). The van der Waals surface area contributed by atoms with Gasteiger partial charge in [0.2, 0.25) is 5.91 Å². The summed E-state index contributed by atoms with van der Waals surface area (Å²) in [7, 11) is 0. The zero-order chi connectivity index (χ0) is 15.6. The second-order valence-corrected chi connectivity index (χ2v) is 6.07. The third-order valence-electron chi connectivity index (χ3n) is 3.76. The molecule has 2 rings (SSSR count). The molecule has 0 bridgehead atoms. The van der Waals surface area contributed by atoms with Gasteiger partial charge in [-0.2, -0.15) is 0 Å². The number of carbonyl (C=O) groups excluding carboxylic acids is 1. The third-order valence-corrected chi connectivity index (χ3v) is 4.06. The summed E-state index contributed by atoms with van der Waals surface area (Å²) in [6.07, 6.45) is 1.05. The van der Waals surface area contributed by atoms with E-state index >= 15 is 0 Å². The summed E-state index contributed by atoms with van der Waals surface area (Å²) in [4.78, 5) is 14.3. The number of benzene rings is 1. The fourth-order valence-corrected chi connectivity index (χ4v) is 3.08. The predicted octanol–water partition coefficient (Wildman–Crippen LogP) is 3.57. The van der Waals surface area contributed by atoms with Crippen LogP contribution in [0, 0.1) is 0 Å². The normalized spacial score (nSPS) is 17.0. The Bertz CT molecular complexity index is 530. The fourth-order valence-electron chi connectivity index (χ4n) is 2.80. The third kappa shape index (κ3) is 3.16. The quantitative estimate of drug-likeness (QED) is 0.844. The highest BCUT2D eigenvalue weighted by Crippen LogP contribution is 2.39. The molecule has 0 fully saturated rings. The molecule has 0 aromatic heterocycles. The maximum absolute atomic E-state index is 12.0. The van der Waals surface area contributed by atoms with Crippen molar-refractivity contribution < 1.29 is 4.79 Å². The zero-order valence-corrected chi connectivity index (χ0v) is 13.9. The molecular formula is C16H24ClN3O. The van der Waals surface area contributed by atoms with Crippen LogP contribution in [-0.4, -0.2) is 25.0 Å². The molecule has 1 unspecified atom stereocenters. The van der Waals surface area contributed by atoms with Gasteiger partial charge in [-0.05, 0) is 38.9 Å². The number of amides is 1. The minimum atomic E-state index is -0.296. The van der Waals surface area contributed by atoms with Crippen LogP contribution in [0.4, 0.5) is 11.4 Å². The van der Waals surface area contributed by atoms with Crippen LogP contribution in [0.2, 0.25) is 5.02 Å². The first kappa shape index (κ1) is 16.1. The van der Waals surface area contributed by atoms with Crippen molar-refractivity contribution in [2.45, 2.75) is 46.2 Å². The second-order valence-electron chi connectivity index (χ2n) is 5.66. The van der Waals surface area contributed by atoms with Crippen LogP contribution in [0.3, 0.4) is 0 Å². The Morgan fingerprint density at radius 3 is 2.67 bits per heavy atom. The molecule has 0 saturated heterocycles. The van der Waals surface area contributed by atoms with Crippen molar-refractivity contribution in [3.05, 3.63) is 22.7 Å². The Kier molecular flexibility index (Phi) is 5.12. The van der Waals surface area contributed by atoms with Gasteiger partial charge in [-0.25, -0.2) is 0 Å². The van der Waals surface area contributed by atoms with Gasteiger partial charge in [0.05, 0.1) is 10.7 Å². The summed E-state index contributed by atoms with van der Waals surface area (Å²) in [5, 5.41) is 6.84. The highest BCUT2D eigenvalue weighted by Gasteiger charge is 2.31. The molecule has 5 heteroatoms. The highest BCUT2D eigenvalue weighted by atomic mass is 35.5. The van der Waals surface area contributed by atoms with Crippen LogP contribution in [0.15, 0.2) is 12.1 Å². The van der Waals surface area contributed by atoms with Crippen LogP contribution in [0.5, 0.6) is 0 Å². The number of halogens is 1. The number of likely N-dealkylation sites (N-methyl/N-ethyl adjacent to an activating group) is 1. The van der Waals surface area contributed by atoms with E-state index < -0.39 is 0 Å². The number of rotatable bonds is 6. The largest absolute Gasteiger partial charge is 0.368 e. The molecule has 4 nitrogen and oxygen atoms in total. The number of hydrogen-bond donors (Lipinski definition) is 2. The minimum absolute atomic E-state index is 0.00773. The zero-order valence-electron chi connectivity index (χ0n) is 13.2. The molecule has 1 aromatic rings. The predicted molar refractivity (Wildman–Crippen MR) is 89.3 cm³/mol. The Morgan fingerprint density at radius 1 is 1.38 bits per heavy atom. The second kappa shape index (κ2) is 6.67. The number of fused-ring (bicyclic) bond motifs is 1. The first-order valence-corrected chi connectivity index (χ1v) is 8.01. The van der Waals surface area contributed by atoms with E-state index in [0.717, 1.165) is 36.4 Å². The van der Waals surface area contributed by atoms with E-state index in [1.165, 1.54) is 0 Å². The molecule has 0 saturated carbocycles. The number of nitrogens with one attached hydrogen (secondary N) is 2. The maximum atomic E-state index is 12.0. The SMILES string of the molecule is CCCN(c1cc2c(cc1Cl)C(NCC)C(=O)N2)C(C)C. The first-order chi connectivity index (χ1) is 9.99. The van der Waals surface area contributed by atoms with Gasteiger partial charge >= 0.3 is 0 Å². The Morgan fingerprint density at radius 2 is 2.10 bits per heavy atom. The van der Waals surface area contributed by atoms with Crippen molar-refractivity contribution in [2.24, 2.45) is 0 Å². The molecule has 1 aromatic carbocycles. The van der Waals surface area contributed by atoms with Crippen LogP contribution in [0.25, 0.3) is 0 Å². The molecule has 1 atom stereocenters. The van der Waals surface area contributed by atoms with Crippen molar-refractivity contribution in [1.29, 1.82) is 0 Å². The molecule has 0 aliphatic carbocycles. The average molecular weight is 310 g/mol. The number of anilines is 2. The lowest BCUT2D eigenvalue weighted by molar-refractivity contribution is -0.117. The summed E-state index contributed by atoms with van der Waals surface area (Å²) in [6, 6.07) is 3.99. The van der Waals surface area contributed by atoms with Gasteiger partial charge in [-0.1, -0.05) is 25.4 Å². The number of nitrogens with zero attached hydrogens (tertiary/aromatic N) is 1. The summed E-state index contributed by atoms with van der Waals surface area (Å²) in [5.74, 6) is -0.00773. The van der Waals surface area contributed by atoms with E-state index in [9.17, 15) is 4.79 Å². The Labute approximate surface area is 131 Å². The van der Waals surface area contributed by atoms with Gasteiger partial charge < -0.3 is 15.5 Å². The fraction of sp³-hybridized carbons (Fsp3) is 0.562. The summed E-state index contributed by atoms with van der Waals surface area (Å²) >= 11 is 6.49. The summed E-state index contributed by atoms with van der Waals surface area (Å²) < 4.78 is 0. The van der Waals surface area contributed by atoms with E-state index in [1.807, 2.05) is 19.1 Å². The van der Waals surface area contributed by atoms with Crippen LogP contribution < -0.4 is 15.5 Å². The van der Waals surface area contributed by atoms with Gasteiger partial charge in [0, 0.05) is 23.8 Å². The molecule has 116 valence electrons. The number of hydrogen-bond acceptors (Lipinski definition) is 3. The van der Waals surface area contributed by atoms with Crippen LogP contribution in [-0.2, 0) is 4.79 Å². The minimum Gasteiger partial charge on any atom is -0.368 e. The van der Waals surface area contributed by atoms with Gasteiger partial charge in [-0.3, -0.25) is 4.79 Å². The molecule has 1 aliphatic rings. The monoisotopic (exact) mass is 309 g/mol. The van der Waals surface area contributed by atoms with E-state index in [2.05, 4.69) is 36.3 Å². The molecule has 21 heavy (non-hydrogen) atoms. The topological polar surface area (TPSA) is 44.4 Å². The van der Waals surface area contributed by atoms with E-state index in [-0.39, 0.29) is 11.9 Å². The van der Waals surface area contributed by atoms with Gasteiger partial charge in [0.1, 0.15) is 6.04 Å². The van der Waals surface area contributed by atoms with Crippen LogP contribution >= 0.6 is 11.6 Å². The lowest BCUT2D eigenvalue weighted by Gasteiger charge is -2.30. The average Bonchev–Trinajstić information content (AvgIpc) is 2.72. The molecular weight excluding hydrogens is 286 g/mol. The van der Waals surface area contributed by atoms with E-state index in [1.54, 1.807) is 0 Å². The molecule has 1 aliphatic heterocycles. The molecule has 0 spiro atoms. The summed E-state index contributed by atoms with van der Waals surface area (Å²) in [6.45, 7) is 10.1. The smallest absolute Gasteiger partial charge is 0.246 e. The molecule has 1 amide bonds. The summed E-state index contributed by atoms with van der Waals surface area (Å²) in [5.41, 5.74) is 2.80. The van der Waals surface area contributed by atoms with Crippen molar-refractivity contribution in [3.63, 3.8) is 0 Å². The molecule has 0 radical (unpaired) electrons.